The summed E-state index contributed by atoms with van der Waals surface area (Å²) in [5, 5.41) is 0.903. The van der Waals surface area contributed by atoms with Gasteiger partial charge in [0.15, 0.2) is 0 Å². The highest BCUT2D eigenvalue weighted by molar-refractivity contribution is 7.63. The second kappa shape index (κ2) is 4.74. The van der Waals surface area contributed by atoms with Gasteiger partial charge in [-0.2, -0.15) is 0 Å². The van der Waals surface area contributed by atoms with Crippen molar-refractivity contribution in [3.63, 3.8) is 0 Å². The van der Waals surface area contributed by atoms with E-state index >= 15 is 0 Å². The molecule has 1 rings (SSSR count). The molecule has 0 aliphatic heterocycles. The summed E-state index contributed by atoms with van der Waals surface area (Å²) in [6.07, 6.45) is -3.13. The third-order valence-corrected chi connectivity index (χ3v) is 8.85. The molecule has 0 bridgehead atoms. The SMILES string of the molecule is C[Si](Cl)(O[Si](Cl)(Cl)Cl)c1ccccc1. The van der Waals surface area contributed by atoms with Crippen molar-refractivity contribution in [1.29, 1.82) is 0 Å². The van der Waals surface area contributed by atoms with Crippen LogP contribution in [0.4, 0.5) is 0 Å². The molecule has 1 unspecified atom stereocenters. The standard InChI is InChI=1S/C7H8Cl4OSi2/c1-13(8,12-14(9,10)11)7-5-3-2-4-6-7/h2-6H,1H3. The number of halogens is 4. The summed E-state index contributed by atoms with van der Waals surface area (Å²) in [4.78, 5) is 0. The first kappa shape index (κ1) is 12.8. The smallest absolute Gasteiger partial charge is 0.407 e. The molecule has 7 heteroatoms. The minimum atomic E-state index is -3.13. The summed E-state index contributed by atoms with van der Waals surface area (Å²) in [5.74, 6) is 0. The summed E-state index contributed by atoms with van der Waals surface area (Å²) < 4.78 is 5.35. The molecule has 0 fully saturated rings. The van der Waals surface area contributed by atoms with E-state index in [1.165, 1.54) is 0 Å². The van der Waals surface area contributed by atoms with E-state index in [0.29, 0.717) is 0 Å². The van der Waals surface area contributed by atoms with Crippen molar-refractivity contribution in [1.82, 2.24) is 0 Å². The highest BCUT2D eigenvalue weighted by Crippen LogP contribution is 2.27. The predicted molar refractivity (Wildman–Crippen MR) is 67.9 cm³/mol. The molecule has 0 N–H and O–H groups in total. The van der Waals surface area contributed by atoms with E-state index in [1.54, 1.807) is 6.55 Å². The Morgan fingerprint density at radius 3 is 1.93 bits per heavy atom. The Morgan fingerprint density at radius 1 is 1.00 bits per heavy atom. The fourth-order valence-corrected chi connectivity index (χ4v) is 10.7. The summed E-state index contributed by atoms with van der Waals surface area (Å²) >= 11 is 23.2. The Bertz CT molecular complexity index is 298. The van der Waals surface area contributed by atoms with Crippen LogP contribution in [0.15, 0.2) is 30.3 Å². The normalized spacial score (nSPS) is 16.4. The van der Waals surface area contributed by atoms with Crippen molar-refractivity contribution >= 4 is 63.4 Å². The van der Waals surface area contributed by atoms with Crippen LogP contribution >= 0.6 is 44.3 Å². The van der Waals surface area contributed by atoms with Crippen molar-refractivity contribution in [2.24, 2.45) is 0 Å². The summed E-state index contributed by atoms with van der Waals surface area (Å²) in [5.41, 5.74) is 0. The molecule has 0 aliphatic carbocycles. The number of benzene rings is 1. The molecule has 0 amide bonds. The van der Waals surface area contributed by atoms with Crippen LogP contribution < -0.4 is 5.19 Å². The zero-order valence-corrected chi connectivity index (χ0v) is 12.3. The Labute approximate surface area is 104 Å². The van der Waals surface area contributed by atoms with Gasteiger partial charge < -0.3 is 4.12 Å². The van der Waals surface area contributed by atoms with Gasteiger partial charge in [-0.3, -0.25) is 0 Å². The minimum Gasteiger partial charge on any atom is -0.407 e. The molecule has 1 aromatic carbocycles. The molecule has 0 heterocycles. The van der Waals surface area contributed by atoms with Crippen LogP contribution in [0.3, 0.4) is 0 Å². The molecule has 0 saturated carbocycles. The zero-order chi connectivity index (χ0) is 10.8. The maximum Gasteiger partial charge on any atom is 0.484 e. The third kappa shape index (κ3) is 4.10. The van der Waals surface area contributed by atoms with E-state index in [0.717, 1.165) is 5.19 Å². The molecule has 78 valence electrons. The topological polar surface area (TPSA) is 9.23 Å². The van der Waals surface area contributed by atoms with Crippen LogP contribution in [0, 0.1) is 0 Å². The third-order valence-electron chi connectivity index (χ3n) is 1.60. The van der Waals surface area contributed by atoms with Crippen LogP contribution in [0.5, 0.6) is 0 Å². The van der Waals surface area contributed by atoms with Gasteiger partial charge in [-0.05, 0) is 11.7 Å². The summed E-state index contributed by atoms with van der Waals surface area (Å²) in [7, 11) is -2.58. The van der Waals surface area contributed by atoms with Gasteiger partial charge in [0, 0.05) is 0 Å². The monoisotopic (exact) mass is 304 g/mol. The van der Waals surface area contributed by atoms with Gasteiger partial charge in [0.25, 0.3) is 0 Å². The molecule has 1 nitrogen and oxygen atoms in total. The Morgan fingerprint density at radius 2 is 1.50 bits per heavy atom. The molecule has 0 aliphatic rings. The second-order valence-corrected chi connectivity index (χ2v) is 15.6. The lowest BCUT2D eigenvalue weighted by molar-refractivity contribution is 0.623. The van der Waals surface area contributed by atoms with E-state index in [4.69, 9.17) is 48.4 Å². The fraction of sp³-hybridized carbons (Fsp3) is 0.143. The van der Waals surface area contributed by atoms with E-state index in [1.807, 2.05) is 30.3 Å². The maximum absolute atomic E-state index is 6.24. The van der Waals surface area contributed by atoms with Crippen LogP contribution in [-0.4, -0.2) is 13.9 Å². The van der Waals surface area contributed by atoms with Crippen molar-refractivity contribution in [3.05, 3.63) is 30.3 Å². The lowest BCUT2D eigenvalue weighted by Crippen LogP contribution is -2.47. The van der Waals surface area contributed by atoms with Crippen molar-refractivity contribution in [2.45, 2.75) is 6.55 Å². The van der Waals surface area contributed by atoms with Crippen LogP contribution in [-0.2, 0) is 4.12 Å². The Hall–Kier alpha value is 0.774. The first-order chi connectivity index (χ1) is 6.31. The minimum absolute atomic E-state index is 0.903. The average molecular weight is 306 g/mol. The van der Waals surface area contributed by atoms with Crippen molar-refractivity contribution < 1.29 is 4.12 Å². The zero-order valence-electron chi connectivity index (χ0n) is 7.31. The van der Waals surface area contributed by atoms with Crippen molar-refractivity contribution in [3.8, 4) is 0 Å². The van der Waals surface area contributed by atoms with E-state index < -0.39 is 13.9 Å². The van der Waals surface area contributed by atoms with Gasteiger partial charge in [-0.1, -0.05) is 63.6 Å². The van der Waals surface area contributed by atoms with Crippen LogP contribution in [0.1, 0.15) is 0 Å². The first-order valence-electron chi connectivity index (χ1n) is 3.82. The van der Waals surface area contributed by atoms with E-state index in [9.17, 15) is 0 Å². The van der Waals surface area contributed by atoms with Crippen molar-refractivity contribution in [2.75, 3.05) is 0 Å². The van der Waals surface area contributed by atoms with Gasteiger partial charge in [-0.25, -0.2) is 0 Å². The largest absolute Gasteiger partial charge is 0.484 e. The number of hydrogen-bond acceptors (Lipinski definition) is 1. The molecular formula is C7H8Cl4OSi2. The quantitative estimate of drug-likeness (QED) is 0.614. The van der Waals surface area contributed by atoms with Gasteiger partial charge in [0.05, 0.1) is 0 Å². The number of hydrogen-bond donors (Lipinski definition) is 0. The van der Waals surface area contributed by atoms with Gasteiger partial charge in [0.1, 0.15) is 0 Å². The molecule has 0 aromatic heterocycles. The molecule has 1 aromatic rings. The van der Waals surface area contributed by atoms with Gasteiger partial charge >= 0.3 is 13.9 Å². The lowest BCUT2D eigenvalue weighted by atomic mass is 10.4. The van der Waals surface area contributed by atoms with E-state index in [-0.39, 0.29) is 0 Å². The second-order valence-electron chi connectivity index (χ2n) is 2.83. The average Bonchev–Trinajstić information content (AvgIpc) is 2.01. The number of rotatable bonds is 3. The molecule has 14 heavy (non-hydrogen) atoms. The molecule has 0 spiro atoms. The highest BCUT2D eigenvalue weighted by Gasteiger charge is 2.40. The Balaban J connectivity index is 2.86. The van der Waals surface area contributed by atoms with Crippen LogP contribution in [0.2, 0.25) is 6.55 Å². The molecule has 1 atom stereocenters. The van der Waals surface area contributed by atoms with Gasteiger partial charge in [-0.15, -0.1) is 11.1 Å². The van der Waals surface area contributed by atoms with Crippen LogP contribution in [0.25, 0.3) is 0 Å². The fourth-order valence-electron chi connectivity index (χ4n) is 1.01. The van der Waals surface area contributed by atoms with Gasteiger partial charge in [0.2, 0.25) is 0 Å². The molecule has 0 radical (unpaired) electrons. The lowest BCUT2D eigenvalue weighted by Gasteiger charge is -2.23. The summed E-state index contributed by atoms with van der Waals surface area (Å²) in [6, 6.07) is 9.42. The first-order valence-corrected chi connectivity index (χ1v) is 12.2. The predicted octanol–water partition coefficient (Wildman–Crippen LogP) is 3.37. The molecule has 0 saturated heterocycles. The highest BCUT2D eigenvalue weighted by atomic mass is 35.8. The summed E-state index contributed by atoms with van der Waals surface area (Å²) in [6.45, 7) is 1.79. The maximum atomic E-state index is 6.24. The van der Waals surface area contributed by atoms with E-state index in [2.05, 4.69) is 0 Å². The Kier molecular flexibility index (Phi) is 4.35. The molecular weight excluding hydrogens is 298 g/mol.